The maximum atomic E-state index is 14.1. The lowest BCUT2D eigenvalue weighted by Crippen LogP contribution is -2.38. The van der Waals surface area contributed by atoms with Crippen LogP contribution in [-0.4, -0.2) is 29.2 Å². The third kappa shape index (κ3) is 5.70. The smallest absolute Gasteiger partial charge is 0.223 e. The fourth-order valence-corrected chi connectivity index (χ4v) is 3.50. The SMILES string of the molecule is CC(C)CC(=O)N(Cc1ccc(F)cc1F)C[C@H]1CC(c2ccc(Cl)c(Cl)c2)=NO1. The van der Waals surface area contributed by atoms with Crippen LogP contribution in [0.1, 0.15) is 37.8 Å². The van der Waals surface area contributed by atoms with Gasteiger partial charge in [-0.2, -0.15) is 0 Å². The predicted octanol–water partition coefficient (Wildman–Crippen LogP) is 5.84. The van der Waals surface area contributed by atoms with Gasteiger partial charge in [-0.05, 0) is 24.1 Å². The number of benzene rings is 2. The Kier molecular flexibility index (Phi) is 7.32. The highest BCUT2D eigenvalue weighted by Crippen LogP contribution is 2.26. The van der Waals surface area contributed by atoms with Gasteiger partial charge < -0.3 is 9.74 Å². The molecule has 2 aromatic rings. The number of carbonyl (C=O) groups is 1. The maximum absolute atomic E-state index is 14.1. The molecule has 1 heterocycles. The molecule has 1 aliphatic heterocycles. The van der Waals surface area contributed by atoms with Gasteiger partial charge in [0, 0.05) is 36.6 Å². The van der Waals surface area contributed by atoms with Crippen molar-refractivity contribution in [2.45, 2.75) is 39.3 Å². The Labute approximate surface area is 184 Å². The first-order valence-electron chi connectivity index (χ1n) is 9.62. The molecule has 0 aliphatic carbocycles. The Morgan fingerprint density at radius 3 is 2.63 bits per heavy atom. The number of halogens is 4. The van der Waals surface area contributed by atoms with Gasteiger partial charge in [0.05, 0.1) is 22.3 Å². The number of hydrogen-bond acceptors (Lipinski definition) is 3. The molecule has 8 heteroatoms. The predicted molar refractivity (Wildman–Crippen MR) is 114 cm³/mol. The van der Waals surface area contributed by atoms with Gasteiger partial charge in [-0.25, -0.2) is 8.78 Å². The zero-order valence-electron chi connectivity index (χ0n) is 16.7. The second-order valence-electron chi connectivity index (χ2n) is 7.71. The van der Waals surface area contributed by atoms with Crippen molar-refractivity contribution in [3.05, 3.63) is 69.2 Å². The number of nitrogens with zero attached hydrogens (tertiary/aromatic N) is 2. The first-order chi connectivity index (χ1) is 14.2. The molecule has 160 valence electrons. The van der Waals surface area contributed by atoms with E-state index in [1.165, 1.54) is 17.0 Å². The Hall–Kier alpha value is -2.18. The summed E-state index contributed by atoms with van der Waals surface area (Å²) in [7, 11) is 0. The summed E-state index contributed by atoms with van der Waals surface area (Å²) in [5, 5.41) is 4.99. The van der Waals surface area contributed by atoms with Crippen LogP contribution in [0, 0.1) is 17.6 Å². The average Bonchev–Trinajstić information content (AvgIpc) is 3.13. The van der Waals surface area contributed by atoms with E-state index >= 15 is 0 Å². The van der Waals surface area contributed by atoms with Crippen LogP contribution in [0.2, 0.25) is 10.0 Å². The molecule has 0 unspecified atom stereocenters. The molecule has 3 rings (SSSR count). The molecule has 0 fully saturated rings. The summed E-state index contributed by atoms with van der Waals surface area (Å²) in [6, 6.07) is 8.55. The zero-order chi connectivity index (χ0) is 21.8. The van der Waals surface area contributed by atoms with Crippen LogP contribution in [0.25, 0.3) is 0 Å². The second kappa shape index (κ2) is 9.75. The third-order valence-corrected chi connectivity index (χ3v) is 5.46. The van der Waals surface area contributed by atoms with E-state index in [0.717, 1.165) is 11.6 Å². The fraction of sp³-hybridized carbons (Fsp3) is 0.364. The molecular formula is C22H22Cl2F2N2O2. The molecule has 0 aromatic heterocycles. The highest BCUT2D eigenvalue weighted by Gasteiger charge is 2.28. The van der Waals surface area contributed by atoms with Gasteiger partial charge in [0.25, 0.3) is 0 Å². The Morgan fingerprint density at radius 1 is 1.20 bits per heavy atom. The van der Waals surface area contributed by atoms with Crippen molar-refractivity contribution in [2.24, 2.45) is 11.1 Å². The van der Waals surface area contributed by atoms with Crippen molar-refractivity contribution < 1.29 is 18.4 Å². The van der Waals surface area contributed by atoms with Gasteiger partial charge in [0.15, 0.2) is 6.10 Å². The van der Waals surface area contributed by atoms with Crippen LogP contribution in [0.3, 0.4) is 0 Å². The van der Waals surface area contributed by atoms with E-state index in [0.29, 0.717) is 28.6 Å². The number of hydrogen-bond donors (Lipinski definition) is 0. The first kappa shape index (κ1) is 22.5. The molecule has 0 saturated heterocycles. The van der Waals surface area contributed by atoms with Gasteiger partial charge in [-0.1, -0.05) is 54.3 Å². The monoisotopic (exact) mass is 454 g/mol. The van der Waals surface area contributed by atoms with Crippen molar-refractivity contribution in [3.8, 4) is 0 Å². The minimum atomic E-state index is -0.683. The van der Waals surface area contributed by atoms with E-state index in [4.69, 9.17) is 28.0 Å². The molecule has 30 heavy (non-hydrogen) atoms. The summed E-state index contributed by atoms with van der Waals surface area (Å²) in [5.41, 5.74) is 1.73. The number of rotatable bonds is 7. The van der Waals surface area contributed by atoms with Crippen LogP contribution >= 0.6 is 23.2 Å². The largest absolute Gasteiger partial charge is 0.390 e. The van der Waals surface area contributed by atoms with Crippen LogP contribution in [0.5, 0.6) is 0 Å². The zero-order valence-corrected chi connectivity index (χ0v) is 18.2. The normalized spacial score (nSPS) is 15.8. The van der Waals surface area contributed by atoms with Gasteiger partial charge in [0.1, 0.15) is 11.6 Å². The van der Waals surface area contributed by atoms with E-state index < -0.39 is 11.6 Å². The lowest BCUT2D eigenvalue weighted by molar-refractivity contribution is -0.134. The van der Waals surface area contributed by atoms with Crippen LogP contribution in [-0.2, 0) is 16.2 Å². The summed E-state index contributed by atoms with van der Waals surface area (Å²) in [5.74, 6) is -1.32. The van der Waals surface area contributed by atoms with E-state index in [9.17, 15) is 13.6 Å². The van der Waals surface area contributed by atoms with Gasteiger partial charge in [-0.15, -0.1) is 0 Å². The summed E-state index contributed by atoms with van der Waals surface area (Å²) >= 11 is 12.0. The van der Waals surface area contributed by atoms with Gasteiger partial charge in [0.2, 0.25) is 5.91 Å². The van der Waals surface area contributed by atoms with Crippen molar-refractivity contribution in [2.75, 3.05) is 6.54 Å². The summed E-state index contributed by atoms with van der Waals surface area (Å²) < 4.78 is 27.4. The van der Waals surface area contributed by atoms with Crippen molar-refractivity contribution >= 4 is 34.8 Å². The molecule has 0 saturated carbocycles. The van der Waals surface area contributed by atoms with Crippen molar-refractivity contribution in [3.63, 3.8) is 0 Å². The lowest BCUT2D eigenvalue weighted by atomic mass is 10.0. The number of oxime groups is 1. The first-order valence-corrected chi connectivity index (χ1v) is 10.4. The summed E-state index contributed by atoms with van der Waals surface area (Å²) in [6.45, 7) is 4.13. The average molecular weight is 455 g/mol. The standard InChI is InChI=1S/C22H22Cl2F2N2O2/c1-13(2)7-22(29)28(11-15-3-5-16(25)9-20(15)26)12-17-10-21(27-30-17)14-4-6-18(23)19(24)8-14/h3-6,8-9,13,17H,7,10-12H2,1-2H3/t17-/m1/s1. The molecule has 0 bridgehead atoms. The summed E-state index contributed by atoms with van der Waals surface area (Å²) in [6.07, 6.45) is 0.403. The summed E-state index contributed by atoms with van der Waals surface area (Å²) in [4.78, 5) is 19.8. The van der Waals surface area contributed by atoms with Crippen molar-refractivity contribution in [1.29, 1.82) is 0 Å². The molecule has 0 radical (unpaired) electrons. The Morgan fingerprint density at radius 2 is 1.97 bits per heavy atom. The quantitative estimate of drug-likeness (QED) is 0.527. The van der Waals surface area contributed by atoms with Gasteiger partial charge in [-0.3, -0.25) is 4.79 Å². The minimum Gasteiger partial charge on any atom is -0.390 e. The second-order valence-corrected chi connectivity index (χ2v) is 8.52. The molecule has 4 nitrogen and oxygen atoms in total. The maximum Gasteiger partial charge on any atom is 0.223 e. The molecule has 0 spiro atoms. The van der Waals surface area contributed by atoms with E-state index in [-0.39, 0.29) is 36.6 Å². The van der Waals surface area contributed by atoms with Gasteiger partial charge >= 0.3 is 0 Å². The molecule has 1 atom stereocenters. The number of amides is 1. The molecule has 0 N–H and O–H groups in total. The molecule has 1 aliphatic rings. The van der Waals surface area contributed by atoms with E-state index in [1.807, 2.05) is 13.8 Å². The van der Waals surface area contributed by atoms with Crippen LogP contribution in [0.4, 0.5) is 8.78 Å². The number of carbonyl (C=O) groups excluding carboxylic acids is 1. The molecule has 1 amide bonds. The topological polar surface area (TPSA) is 41.9 Å². The van der Waals surface area contributed by atoms with E-state index in [1.54, 1.807) is 18.2 Å². The highest BCUT2D eigenvalue weighted by molar-refractivity contribution is 6.42. The third-order valence-electron chi connectivity index (χ3n) is 4.72. The van der Waals surface area contributed by atoms with Crippen molar-refractivity contribution in [1.82, 2.24) is 4.90 Å². The van der Waals surface area contributed by atoms with Crippen LogP contribution in [0.15, 0.2) is 41.6 Å². The van der Waals surface area contributed by atoms with E-state index in [2.05, 4.69) is 5.16 Å². The highest BCUT2D eigenvalue weighted by atomic mass is 35.5. The fourth-order valence-electron chi connectivity index (χ4n) is 3.21. The Balaban J connectivity index is 1.71. The lowest BCUT2D eigenvalue weighted by Gasteiger charge is -2.26. The Bertz CT molecular complexity index is 966. The van der Waals surface area contributed by atoms with Crippen LogP contribution < -0.4 is 0 Å². The minimum absolute atomic E-state index is 0.0274. The molecule has 2 aromatic carbocycles. The molecular weight excluding hydrogens is 433 g/mol.